The molecule has 0 amide bonds. The van der Waals surface area contributed by atoms with Gasteiger partial charge in [0.15, 0.2) is 23.3 Å². The Balaban J connectivity index is 1.92. The van der Waals surface area contributed by atoms with Gasteiger partial charge in [0.05, 0.1) is 10.5 Å². The predicted octanol–water partition coefficient (Wildman–Crippen LogP) is 7.34. The SMILES string of the molecule is CCc1cc(OC(F)(F)F)ccc1C#Cc1ccc(-c2c(F)c(F)c(SC#N)c(F)c2F)cc1. The maximum absolute atomic E-state index is 14.4. The number of thioether (sulfide) groups is 1. The van der Waals surface area contributed by atoms with Crippen molar-refractivity contribution in [1.29, 1.82) is 5.26 Å². The topological polar surface area (TPSA) is 33.0 Å². The second-order valence-electron chi connectivity index (χ2n) is 6.70. The number of hydrogen-bond donors (Lipinski definition) is 0. The number of nitrogens with zero attached hydrogens (tertiary/aromatic N) is 1. The first-order valence-corrected chi connectivity index (χ1v) is 10.3. The summed E-state index contributed by atoms with van der Waals surface area (Å²) in [4.78, 5) is -1.07. The van der Waals surface area contributed by atoms with E-state index in [2.05, 4.69) is 16.6 Å². The first-order chi connectivity index (χ1) is 16.1. The van der Waals surface area contributed by atoms with Crippen LogP contribution in [0.3, 0.4) is 0 Å². The minimum absolute atomic E-state index is 0.0322. The van der Waals surface area contributed by atoms with Gasteiger partial charge < -0.3 is 4.74 Å². The Hall–Kier alpha value is -3.63. The third-order valence-corrected chi connectivity index (χ3v) is 5.23. The molecular weight excluding hydrogens is 483 g/mol. The maximum Gasteiger partial charge on any atom is 0.573 e. The molecule has 10 heteroatoms. The second kappa shape index (κ2) is 10.1. The van der Waals surface area contributed by atoms with Gasteiger partial charge in [-0.1, -0.05) is 30.9 Å². The van der Waals surface area contributed by atoms with Crippen molar-refractivity contribution in [3.63, 3.8) is 0 Å². The molecule has 0 N–H and O–H groups in total. The number of rotatable bonds is 4. The van der Waals surface area contributed by atoms with Gasteiger partial charge in [-0.25, -0.2) is 17.6 Å². The predicted molar refractivity (Wildman–Crippen MR) is 112 cm³/mol. The molecule has 0 spiro atoms. The fourth-order valence-electron chi connectivity index (χ4n) is 3.04. The van der Waals surface area contributed by atoms with Gasteiger partial charge in [-0.15, -0.1) is 13.2 Å². The van der Waals surface area contributed by atoms with Gasteiger partial charge >= 0.3 is 6.36 Å². The Bertz CT molecular complexity index is 1300. The van der Waals surface area contributed by atoms with Crippen LogP contribution in [0.15, 0.2) is 47.4 Å². The molecule has 3 rings (SSSR count). The third-order valence-electron chi connectivity index (χ3n) is 4.58. The van der Waals surface area contributed by atoms with Gasteiger partial charge in [-0.3, -0.25) is 0 Å². The lowest BCUT2D eigenvalue weighted by Crippen LogP contribution is -2.17. The zero-order chi connectivity index (χ0) is 25.0. The highest BCUT2D eigenvalue weighted by Gasteiger charge is 2.31. The molecule has 0 aliphatic rings. The fourth-order valence-corrected chi connectivity index (χ4v) is 3.49. The first kappa shape index (κ1) is 25.0. The van der Waals surface area contributed by atoms with Crippen LogP contribution in [0.2, 0.25) is 0 Å². The molecule has 174 valence electrons. The maximum atomic E-state index is 14.4. The molecule has 0 atom stereocenters. The molecule has 0 aromatic heterocycles. The molecule has 0 radical (unpaired) electrons. The number of nitriles is 1. The quantitative estimate of drug-likeness (QED) is 0.125. The molecule has 0 unspecified atom stereocenters. The Labute approximate surface area is 194 Å². The van der Waals surface area contributed by atoms with Gasteiger partial charge in [0.25, 0.3) is 0 Å². The summed E-state index contributed by atoms with van der Waals surface area (Å²) < 4.78 is 98.1. The van der Waals surface area contributed by atoms with E-state index in [0.29, 0.717) is 23.1 Å². The van der Waals surface area contributed by atoms with Crippen molar-refractivity contribution >= 4 is 11.8 Å². The largest absolute Gasteiger partial charge is 0.573 e. The van der Waals surface area contributed by atoms with E-state index in [1.165, 1.54) is 41.8 Å². The van der Waals surface area contributed by atoms with Gasteiger partial charge in [-0.05, 0) is 59.6 Å². The molecule has 0 bridgehead atoms. The number of hydrogen-bond acceptors (Lipinski definition) is 3. The van der Waals surface area contributed by atoms with E-state index >= 15 is 0 Å². The molecule has 0 aliphatic carbocycles. The number of alkyl halides is 3. The number of halogens is 7. The number of aryl methyl sites for hydroxylation is 1. The smallest absolute Gasteiger partial charge is 0.406 e. The summed E-state index contributed by atoms with van der Waals surface area (Å²) in [6.07, 6.45) is -4.44. The molecule has 2 nitrogen and oxygen atoms in total. The highest BCUT2D eigenvalue weighted by atomic mass is 32.2. The van der Waals surface area contributed by atoms with Gasteiger partial charge in [0.1, 0.15) is 11.2 Å². The first-order valence-electron chi connectivity index (χ1n) is 9.48. The van der Waals surface area contributed by atoms with Gasteiger partial charge in [-0.2, -0.15) is 5.26 Å². The van der Waals surface area contributed by atoms with E-state index in [4.69, 9.17) is 5.26 Å². The van der Waals surface area contributed by atoms with Crippen LogP contribution in [-0.2, 0) is 6.42 Å². The summed E-state index contributed by atoms with van der Waals surface area (Å²) in [5.74, 6) is -1.41. The van der Waals surface area contributed by atoms with Crippen molar-refractivity contribution < 1.29 is 35.5 Å². The van der Waals surface area contributed by atoms with E-state index in [1.807, 2.05) is 0 Å². The van der Waals surface area contributed by atoms with Crippen LogP contribution in [-0.4, -0.2) is 6.36 Å². The fraction of sp³-hybridized carbons (Fsp3) is 0.125. The van der Waals surface area contributed by atoms with E-state index in [-0.39, 0.29) is 23.1 Å². The average Bonchev–Trinajstić information content (AvgIpc) is 2.79. The van der Waals surface area contributed by atoms with E-state index in [9.17, 15) is 30.7 Å². The van der Waals surface area contributed by atoms with Crippen LogP contribution in [0.25, 0.3) is 11.1 Å². The lowest BCUT2D eigenvalue weighted by molar-refractivity contribution is -0.274. The van der Waals surface area contributed by atoms with Crippen LogP contribution in [0.4, 0.5) is 30.7 Å². The lowest BCUT2D eigenvalue weighted by Gasteiger charge is -2.11. The molecule has 0 fully saturated rings. The van der Waals surface area contributed by atoms with Crippen LogP contribution < -0.4 is 4.74 Å². The van der Waals surface area contributed by atoms with E-state index < -0.39 is 40.1 Å². The lowest BCUT2D eigenvalue weighted by atomic mass is 10.0. The molecule has 0 aliphatic heterocycles. The highest BCUT2D eigenvalue weighted by molar-refractivity contribution is 8.03. The third kappa shape index (κ3) is 5.46. The van der Waals surface area contributed by atoms with Crippen molar-refractivity contribution in [2.24, 2.45) is 0 Å². The van der Waals surface area contributed by atoms with Crippen LogP contribution in [0.1, 0.15) is 23.6 Å². The zero-order valence-corrected chi connectivity index (χ0v) is 18.0. The monoisotopic (exact) mass is 495 g/mol. The van der Waals surface area contributed by atoms with Crippen molar-refractivity contribution in [2.75, 3.05) is 0 Å². The molecule has 0 saturated carbocycles. The van der Waals surface area contributed by atoms with Crippen molar-refractivity contribution in [3.05, 3.63) is 82.4 Å². The zero-order valence-electron chi connectivity index (χ0n) is 17.2. The van der Waals surface area contributed by atoms with Crippen LogP contribution >= 0.6 is 11.8 Å². The molecular formula is C24H12F7NOS. The Morgan fingerprint density at radius 2 is 1.50 bits per heavy atom. The summed E-state index contributed by atoms with van der Waals surface area (Å²) in [6.45, 7) is 1.73. The molecule has 0 heterocycles. The van der Waals surface area contributed by atoms with Crippen molar-refractivity contribution in [3.8, 4) is 34.1 Å². The van der Waals surface area contributed by atoms with Crippen LogP contribution in [0, 0.1) is 45.8 Å². The molecule has 0 saturated heterocycles. The van der Waals surface area contributed by atoms with Crippen molar-refractivity contribution in [2.45, 2.75) is 24.6 Å². The van der Waals surface area contributed by atoms with Crippen LogP contribution in [0.5, 0.6) is 5.75 Å². The second-order valence-corrected chi connectivity index (χ2v) is 7.50. The normalized spacial score (nSPS) is 10.9. The average molecular weight is 495 g/mol. The summed E-state index contributed by atoms with van der Waals surface area (Å²) in [6, 6.07) is 8.87. The Kier molecular flexibility index (Phi) is 7.43. The number of ether oxygens (including phenoxy) is 1. The minimum Gasteiger partial charge on any atom is -0.406 e. The van der Waals surface area contributed by atoms with Gasteiger partial charge in [0.2, 0.25) is 0 Å². The standard InChI is InChI=1S/C24H12F7NOS/c1-2-14-11-17(33-24(29,30)31)10-9-15(14)6-3-13-4-7-16(8-5-13)18-19(25)21(27)23(34-12-32)22(28)20(18)26/h4-5,7-11H,2H2,1H3. The molecule has 3 aromatic rings. The summed E-state index contributed by atoms with van der Waals surface area (Å²) in [5.41, 5.74) is 0.254. The van der Waals surface area contributed by atoms with Crippen molar-refractivity contribution in [1.82, 2.24) is 0 Å². The van der Waals surface area contributed by atoms with Gasteiger partial charge in [0, 0.05) is 11.1 Å². The Morgan fingerprint density at radius 1 is 0.882 bits per heavy atom. The van der Waals surface area contributed by atoms with E-state index in [0.717, 1.165) is 6.07 Å². The number of benzene rings is 3. The number of thiocyanates is 1. The summed E-state index contributed by atoms with van der Waals surface area (Å²) >= 11 is -0.0322. The Morgan fingerprint density at radius 3 is 2.03 bits per heavy atom. The minimum atomic E-state index is -4.82. The summed E-state index contributed by atoms with van der Waals surface area (Å²) in [5, 5.41) is 9.93. The van der Waals surface area contributed by atoms with E-state index in [1.54, 1.807) is 6.92 Å². The summed E-state index contributed by atoms with van der Waals surface area (Å²) in [7, 11) is 0. The molecule has 34 heavy (non-hydrogen) atoms. The molecule has 3 aromatic carbocycles. The highest BCUT2D eigenvalue weighted by Crippen LogP contribution is 2.36.